The Morgan fingerprint density at radius 2 is 1.75 bits per heavy atom. The summed E-state index contributed by atoms with van der Waals surface area (Å²) in [5.74, 6) is -3.84. The topological polar surface area (TPSA) is 159 Å². The molecular formula is C23H29F3N4O6. The minimum atomic E-state index is -5.08. The van der Waals surface area contributed by atoms with Crippen molar-refractivity contribution in [3.8, 4) is 0 Å². The van der Waals surface area contributed by atoms with Gasteiger partial charge in [0.25, 0.3) is 5.91 Å². The molecular weight excluding hydrogens is 485 g/mol. The number of carboxylic acids is 1. The number of hydrogen-bond donors (Lipinski definition) is 4. The van der Waals surface area contributed by atoms with E-state index in [-0.39, 0.29) is 30.7 Å². The van der Waals surface area contributed by atoms with Crippen molar-refractivity contribution in [1.82, 2.24) is 10.2 Å². The fourth-order valence-electron chi connectivity index (χ4n) is 3.88. The third-order valence-corrected chi connectivity index (χ3v) is 5.71. The van der Waals surface area contributed by atoms with E-state index in [1.54, 1.807) is 18.2 Å². The van der Waals surface area contributed by atoms with E-state index in [0.29, 0.717) is 30.6 Å². The molecule has 1 saturated heterocycles. The minimum Gasteiger partial charge on any atom is -0.475 e. The number of nitrogens with zero attached hydrogens (tertiary/aromatic N) is 1. The Hall–Kier alpha value is -3.48. The van der Waals surface area contributed by atoms with Gasteiger partial charge in [-0.1, -0.05) is 25.3 Å². The molecule has 3 rings (SSSR count). The van der Waals surface area contributed by atoms with Crippen molar-refractivity contribution in [1.29, 1.82) is 0 Å². The largest absolute Gasteiger partial charge is 0.490 e. The minimum absolute atomic E-state index is 0.0795. The highest BCUT2D eigenvalue weighted by Gasteiger charge is 2.40. The van der Waals surface area contributed by atoms with E-state index in [9.17, 15) is 32.3 Å². The summed E-state index contributed by atoms with van der Waals surface area (Å²) in [6.07, 6.45) is 0.844. The van der Waals surface area contributed by atoms with Gasteiger partial charge in [-0.05, 0) is 37.9 Å². The number of unbranched alkanes of at least 4 members (excludes halogenated alkanes) is 4. The molecule has 4 amide bonds. The van der Waals surface area contributed by atoms with Gasteiger partial charge in [-0.3, -0.25) is 24.5 Å². The summed E-state index contributed by atoms with van der Waals surface area (Å²) in [5.41, 5.74) is 7.30. The quantitative estimate of drug-likeness (QED) is 0.291. The fraction of sp³-hybridized carbons (Fsp3) is 0.522. The molecule has 2 aliphatic heterocycles. The van der Waals surface area contributed by atoms with Crippen molar-refractivity contribution in [3.05, 3.63) is 29.3 Å². The molecule has 13 heteroatoms. The third-order valence-electron chi connectivity index (χ3n) is 5.71. The van der Waals surface area contributed by atoms with Crippen LogP contribution in [0.1, 0.15) is 67.3 Å². The van der Waals surface area contributed by atoms with E-state index in [0.717, 1.165) is 37.7 Å². The van der Waals surface area contributed by atoms with E-state index in [1.807, 2.05) is 0 Å². The zero-order valence-corrected chi connectivity index (χ0v) is 19.5. The molecule has 1 aromatic rings. The van der Waals surface area contributed by atoms with E-state index < -0.39 is 24.1 Å². The number of hydrogen-bond acceptors (Lipinski definition) is 6. The lowest BCUT2D eigenvalue weighted by atomic mass is 10.0. The van der Waals surface area contributed by atoms with Crippen molar-refractivity contribution in [3.63, 3.8) is 0 Å². The Balaban J connectivity index is 0.000000572. The molecule has 2 aliphatic rings. The van der Waals surface area contributed by atoms with Gasteiger partial charge in [-0.2, -0.15) is 13.2 Å². The number of benzene rings is 1. The van der Waals surface area contributed by atoms with Crippen molar-refractivity contribution in [2.75, 3.05) is 11.9 Å². The molecule has 1 unspecified atom stereocenters. The molecule has 0 aromatic heterocycles. The number of nitrogens with two attached hydrogens (primary N) is 1. The van der Waals surface area contributed by atoms with Gasteiger partial charge in [0, 0.05) is 36.2 Å². The van der Waals surface area contributed by atoms with Crippen LogP contribution in [0.15, 0.2) is 18.2 Å². The van der Waals surface area contributed by atoms with E-state index in [1.165, 1.54) is 4.90 Å². The van der Waals surface area contributed by atoms with Gasteiger partial charge in [0.2, 0.25) is 17.7 Å². The molecule has 2 heterocycles. The summed E-state index contributed by atoms with van der Waals surface area (Å²) in [5, 5.41) is 12.3. The molecule has 10 nitrogen and oxygen atoms in total. The second-order valence-electron chi connectivity index (χ2n) is 8.39. The van der Waals surface area contributed by atoms with Gasteiger partial charge in [-0.15, -0.1) is 0 Å². The van der Waals surface area contributed by atoms with Crippen LogP contribution in [0.3, 0.4) is 0 Å². The van der Waals surface area contributed by atoms with E-state index in [4.69, 9.17) is 15.6 Å². The standard InChI is InChI=1S/C21H28N4O4.C2HF3O2/c22-12-5-3-1-2-4-9-18(26)23-16-8-6-7-14-15(16)13-25(21(14)29)17-10-11-19(27)24-20(17)28;3-2(4,5)1(6)7/h6-8,17H,1-5,9-13,22H2,(H,23,26)(H,24,27,28);(H,6,7). The molecule has 0 saturated carbocycles. The summed E-state index contributed by atoms with van der Waals surface area (Å²) >= 11 is 0. The maximum Gasteiger partial charge on any atom is 0.490 e. The van der Waals surface area contributed by atoms with Crippen LogP contribution < -0.4 is 16.4 Å². The number of aliphatic carboxylic acids is 1. The maximum absolute atomic E-state index is 12.8. The molecule has 1 aromatic carbocycles. The Kier molecular flexibility index (Phi) is 10.4. The molecule has 0 bridgehead atoms. The predicted octanol–water partition coefficient (Wildman–Crippen LogP) is 2.32. The number of anilines is 1. The monoisotopic (exact) mass is 514 g/mol. The molecule has 0 radical (unpaired) electrons. The number of carbonyl (C=O) groups is 5. The first-order valence-electron chi connectivity index (χ1n) is 11.5. The first-order valence-corrected chi connectivity index (χ1v) is 11.5. The smallest absolute Gasteiger partial charge is 0.475 e. The number of piperidine rings is 1. The number of amides is 4. The van der Waals surface area contributed by atoms with Crippen LogP contribution in [-0.4, -0.2) is 58.4 Å². The van der Waals surface area contributed by atoms with Crippen LogP contribution in [-0.2, 0) is 25.7 Å². The van der Waals surface area contributed by atoms with Gasteiger partial charge in [0.1, 0.15) is 6.04 Å². The zero-order chi connectivity index (χ0) is 26.9. The fourth-order valence-corrected chi connectivity index (χ4v) is 3.88. The van der Waals surface area contributed by atoms with Crippen LogP contribution in [0.4, 0.5) is 18.9 Å². The summed E-state index contributed by atoms with van der Waals surface area (Å²) < 4.78 is 31.7. The zero-order valence-electron chi connectivity index (χ0n) is 19.5. The molecule has 1 fully saturated rings. The first-order chi connectivity index (χ1) is 17.0. The van der Waals surface area contributed by atoms with E-state index in [2.05, 4.69) is 10.6 Å². The third kappa shape index (κ3) is 8.04. The summed E-state index contributed by atoms with van der Waals surface area (Å²) in [6.45, 7) is 0.949. The van der Waals surface area contributed by atoms with Crippen molar-refractivity contribution in [2.24, 2.45) is 5.73 Å². The number of halogens is 3. The summed E-state index contributed by atoms with van der Waals surface area (Å²) in [4.78, 5) is 59.0. The molecule has 5 N–H and O–H groups in total. The predicted molar refractivity (Wildman–Crippen MR) is 122 cm³/mol. The molecule has 0 aliphatic carbocycles. The summed E-state index contributed by atoms with van der Waals surface area (Å²) in [6, 6.07) is 4.55. The Labute approximate surface area is 205 Å². The van der Waals surface area contributed by atoms with E-state index >= 15 is 0 Å². The van der Waals surface area contributed by atoms with Crippen molar-refractivity contribution < 1.29 is 42.3 Å². The number of alkyl halides is 3. The van der Waals surface area contributed by atoms with Crippen LogP contribution in [0.5, 0.6) is 0 Å². The number of carboxylic acid groups (broad SMARTS) is 1. The average Bonchev–Trinajstić information content (AvgIpc) is 3.13. The second kappa shape index (κ2) is 13.0. The molecule has 36 heavy (non-hydrogen) atoms. The second-order valence-corrected chi connectivity index (χ2v) is 8.39. The SMILES string of the molecule is NCCCCCCCC(=O)Nc1cccc2c1CN(C1CCC(=O)NC1=O)C2=O.O=C(O)C(F)(F)F. The first kappa shape index (κ1) is 28.8. The van der Waals surface area contributed by atoms with Crippen molar-refractivity contribution >= 4 is 35.3 Å². The normalized spacial score (nSPS) is 17.2. The lowest BCUT2D eigenvalue weighted by molar-refractivity contribution is -0.192. The van der Waals surface area contributed by atoms with Gasteiger partial charge in [0.15, 0.2) is 0 Å². The number of rotatable bonds is 9. The number of carbonyl (C=O) groups excluding carboxylic acids is 4. The number of nitrogens with one attached hydrogen (secondary N) is 2. The highest BCUT2D eigenvalue weighted by atomic mass is 19.4. The van der Waals surface area contributed by atoms with Gasteiger partial charge >= 0.3 is 12.1 Å². The number of fused-ring (bicyclic) bond motifs is 1. The summed E-state index contributed by atoms with van der Waals surface area (Å²) in [7, 11) is 0. The average molecular weight is 515 g/mol. The molecule has 1 atom stereocenters. The van der Waals surface area contributed by atoms with Crippen LogP contribution in [0.25, 0.3) is 0 Å². The van der Waals surface area contributed by atoms with Crippen LogP contribution in [0.2, 0.25) is 0 Å². The van der Waals surface area contributed by atoms with Gasteiger partial charge in [-0.25, -0.2) is 4.79 Å². The molecule has 198 valence electrons. The lowest BCUT2D eigenvalue weighted by Gasteiger charge is -2.29. The Bertz CT molecular complexity index is 999. The van der Waals surface area contributed by atoms with Gasteiger partial charge in [0.05, 0.1) is 0 Å². The lowest BCUT2D eigenvalue weighted by Crippen LogP contribution is -2.52. The highest BCUT2D eigenvalue weighted by Crippen LogP contribution is 2.32. The Morgan fingerprint density at radius 1 is 1.11 bits per heavy atom. The van der Waals surface area contributed by atoms with Crippen LogP contribution in [0, 0.1) is 0 Å². The van der Waals surface area contributed by atoms with Crippen molar-refractivity contribution in [2.45, 2.75) is 70.1 Å². The molecule has 0 spiro atoms. The van der Waals surface area contributed by atoms with Gasteiger partial charge < -0.3 is 21.1 Å². The number of imide groups is 1. The highest BCUT2D eigenvalue weighted by molar-refractivity contribution is 6.06. The maximum atomic E-state index is 12.8. The Morgan fingerprint density at radius 3 is 2.36 bits per heavy atom. The van der Waals surface area contributed by atoms with Crippen LogP contribution >= 0.6 is 0 Å².